The van der Waals surface area contributed by atoms with E-state index >= 15 is 0 Å². The van der Waals surface area contributed by atoms with E-state index in [4.69, 9.17) is 26.1 Å². The lowest BCUT2D eigenvalue weighted by molar-refractivity contribution is 0.174. The van der Waals surface area contributed by atoms with Gasteiger partial charge in [0, 0.05) is 17.6 Å². The highest BCUT2D eigenvalue weighted by molar-refractivity contribution is 7.19. The first-order valence-corrected chi connectivity index (χ1v) is 10.4. The molecule has 1 aliphatic heterocycles. The number of aryl methyl sites for hydroxylation is 1. The maximum atomic E-state index is 6.55. The van der Waals surface area contributed by atoms with Crippen molar-refractivity contribution in [2.75, 3.05) is 18.7 Å². The third-order valence-electron chi connectivity index (χ3n) is 4.69. The second-order valence-corrected chi connectivity index (χ2v) is 8.21. The quantitative estimate of drug-likeness (QED) is 0.480. The molecule has 0 saturated carbocycles. The lowest BCUT2D eigenvalue weighted by Crippen LogP contribution is -2.08. The fourth-order valence-electron chi connectivity index (χ4n) is 3.24. The molecular formula is C21H17ClN4O2S. The molecule has 6 nitrogen and oxygen atoms in total. The number of nitrogens with one attached hydrogen (secondary N) is 1. The van der Waals surface area contributed by atoms with Gasteiger partial charge >= 0.3 is 0 Å². The second-order valence-electron chi connectivity index (χ2n) is 6.63. The van der Waals surface area contributed by atoms with E-state index in [0.29, 0.717) is 17.4 Å². The van der Waals surface area contributed by atoms with Crippen molar-refractivity contribution in [2.45, 2.75) is 13.3 Å². The normalized spacial score (nSPS) is 12.5. The second kappa shape index (κ2) is 7.50. The first-order chi connectivity index (χ1) is 14.2. The molecule has 146 valence electrons. The van der Waals surface area contributed by atoms with Gasteiger partial charge in [-0.3, -0.25) is 4.98 Å². The van der Waals surface area contributed by atoms with Crippen molar-refractivity contribution < 1.29 is 9.47 Å². The minimum Gasteiger partial charge on any atom is -0.454 e. The van der Waals surface area contributed by atoms with Crippen LogP contribution >= 0.6 is 22.9 Å². The average molecular weight is 425 g/mol. The van der Waals surface area contributed by atoms with Gasteiger partial charge in [-0.15, -0.1) is 11.3 Å². The van der Waals surface area contributed by atoms with Crippen LogP contribution in [0.25, 0.3) is 21.7 Å². The summed E-state index contributed by atoms with van der Waals surface area (Å²) in [4.78, 5) is 15.7. The van der Waals surface area contributed by atoms with Crippen molar-refractivity contribution in [2.24, 2.45) is 0 Å². The van der Waals surface area contributed by atoms with Gasteiger partial charge in [0.25, 0.3) is 0 Å². The standard InChI is InChI=1S/C21H17ClN4O2S/c1-12-18(22)17-20(24-9-7-13-5-6-15-16(10-13)28-11-27-15)25-19(26-21(17)29-12)14-4-2-3-8-23-14/h2-6,8,10H,7,9,11H2,1H3,(H,24,25,26). The highest BCUT2D eigenvalue weighted by atomic mass is 35.5. The third-order valence-corrected chi connectivity index (χ3v) is 6.27. The van der Waals surface area contributed by atoms with Crippen LogP contribution in [0.4, 0.5) is 5.82 Å². The van der Waals surface area contributed by atoms with Gasteiger partial charge in [0.15, 0.2) is 17.3 Å². The molecular weight excluding hydrogens is 408 g/mol. The summed E-state index contributed by atoms with van der Waals surface area (Å²) in [6, 6.07) is 11.7. The lowest BCUT2D eigenvalue weighted by atomic mass is 10.1. The molecule has 1 aromatic carbocycles. The van der Waals surface area contributed by atoms with Gasteiger partial charge < -0.3 is 14.8 Å². The van der Waals surface area contributed by atoms with Crippen LogP contribution < -0.4 is 14.8 Å². The number of rotatable bonds is 5. The van der Waals surface area contributed by atoms with Crippen molar-refractivity contribution >= 4 is 39.0 Å². The number of halogens is 1. The zero-order valence-electron chi connectivity index (χ0n) is 15.6. The molecule has 0 saturated heterocycles. The number of pyridine rings is 1. The minimum atomic E-state index is 0.280. The van der Waals surface area contributed by atoms with Crippen LogP contribution in [0.5, 0.6) is 11.5 Å². The van der Waals surface area contributed by atoms with Crippen molar-refractivity contribution in [1.82, 2.24) is 15.0 Å². The van der Waals surface area contributed by atoms with Gasteiger partial charge in [-0.1, -0.05) is 23.7 Å². The molecule has 0 radical (unpaired) electrons. The van der Waals surface area contributed by atoms with Crippen molar-refractivity contribution in [3.05, 3.63) is 58.1 Å². The SMILES string of the molecule is Cc1sc2nc(-c3ccccn3)nc(NCCc3ccc4c(c3)OCO4)c2c1Cl. The summed E-state index contributed by atoms with van der Waals surface area (Å²) in [6.07, 6.45) is 2.55. The molecule has 0 fully saturated rings. The summed E-state index contributed by atoms with van der Waals surface area (Å²) in [7, 11) is 0. The Morgan fingerprint density at radius 2 is 2.03 bits per heavy atom. The molecule has 3 aromatic heterocycles. The van der Waals surface area contributed by atoms with Gasteiger partial charge in [-0.2, -0.15) is 0 Å². The first kappa shape index (κ1) is 18.1. The first-order valence-electron chi connectivity index (χ1n) is 9.19. The molecule has 0 unspecified atom stereocenters. The third kappa shape index (κ3) is 3.47. The van der Waals surface area contributed by atoms with Crippen molar-refractivity contribution in [1.29, 1.82) is 0 Å². The van der Waals surface area contributed by atoms with Crippen molar-refractivity contribution in [3.63, 3.8) is 0 Å². The smallest absolute Gasteiger partial charge is 0.231 e. The number of fused-ring (bicyclic) bond motifs is 2. The van der Waals surface area contributed by atoms with E-state index in [1.54, 1.807) is 17.5 Å². The Bertz CT molecular complexity index is 1200. The number of nitrogens with zero attached hydrogens (tertiary/aromatic N) is 3. The highest BCUT2D eigenvalue weighted by Crippen LogP contribution is 2.38. The zero-order chi connectivity index (χ0) is 19.8. The van der Waals surface area contributed by atoms with E-state index in [0.717, 1.165) is 50.1 Å². The fourth-order valence-corrected chi connectivity index (χ4v) is 4.50. The minimum absolute atomic E-state index is 0.280. The molecule has 0 bridgehead atoms. The largest absolute Gasteiger partial charge is 0.454 e. The topological polar surface area (TPSA) is 69.2 Å². The van der Waals surface area contributed by atoms with Crippen LogP contribution in [0.1, 0.15) is 10.4 Å². The van der Waals surface area contributed by atoms with Crippen LogP contribution in [0.2, 0.25) is 5.02 Å². The fraction of sp³-hybridized carbons (Fsp3) is 0.190. The molecule has 0 amide bonds. The predicted octanol–water partition coefficient (Wildman–Crippen LogP) is 5.10. The highest BCUT2D eigenvalue weighted by Gasteiger charge is 2.17. The molecule has 0 spiro atoms. The Hall–Kier alpha value is -2.90. The van der Waals surface area contributed by atoms with Gasteiger partial charge in [0.1, 0.15) is 16.3 Å². The monoisotopic (exact) mass is 424 g/mol. The summed E-state index contributed by atoms with van der Waals surface area (Å²) in [5, 5.41) is 5.00. The summed E-state index contributed by atoms with van der Waals surface area (Å²) in [5.41, 5.74) is 1.89. The Morgan fingerprint density at radius 3 is 2.90 bits per heavy atom. The Kier molecular flexibility index (Phi) is 4.69. The van der Waals surface area contributed by atoms with Crippen LogP contribution in [0.3, 0.4) is 0 Å². The maximum Gasteiger partial charge on any atom is 0.231 e. The number of hydrogen-bond donors (Lipinski definition) is 1. The van der Waals surface area contributed by atoms with E-state index < -0.39 is 0 Å². The number of hydrogen-bond acceptors (Lipinski definition) is 7. The van der Waals surface area contributed by atoms with Gasteiger partial charge in [0.2, 0.25) is 6.79 Å². The van der Waals surface area contributed by atoms with E-state index in [2.05, 4.69) is 15.3 Å². The number of aromatic nitrogens is 3. The summed E-state index contributed by atoms with van der Waals surface area (Å²) in [6.45, 7) is 2.96. The van der Waals surface area contributed by atoms with Gasteiger partial charge in [-0.25, -0.2) is 9.97 Å². The Balaban J connectivity index is 1.43. The lowest BCUT2D eigenvalue weighted by Gasteiger charge is -2.10. The maximum absolute atomic E-state index is 6.55. The van der Waals surface area contributed by atoms with Crippen molar-refractivity contribution in [3.8, 4) is 23.0 Å². The van der Waals surface area contributed by atoms with E-state index in [9.17, 15) is 0 Å². The van der Waals surface area contributed by atoms with Crippen LogP contribution in [-0.4, -0.2) is 28.3 Å². The van der Waals surface area contributed by atoms with Crippen LogP contribution in [-0.2, 0) is 6.42 Å². The van der Waals surface area contributed by atoms with Crippen LogP contribution in [0.15, 0.2) is 42.6 Å². The van der Waals surface area contributed by atoms with E-state index in [-0.39, 0.29) is 6.79 Å². The number of benzene rings is 1. The Morgan fingerprint density at radius 1 is 1.14 bits per heavy atom. The summed E-state index contributed by atoms with van der Waals surface area (Å²) < 4.78 is 10.8. The number of ether oxygens (including phenoxy) is 2. The van der Waals surface area contributed by atoms with Crippen LogP contribution in [0, 0.1) is 6.92 Å². The molecule has 1 aliphatic rings. The summed E-state index contributed by atoms with van der Waals surface area (Å²) in [5.74, 6) is 2.90. The molecule has 1 N–H and O–H groups in total. The number of anilines is 1. The van der Waals surface area contributed by atoms with E-state index in [1.807, 2.05) is 43.3 Å². The molecule has 8 heteroatoms. The van der Waals surface area contributed by atoms with E-state index in [1.165, 1.54) is 0 Å². The molecule has 5 rings (SSSR count). The summed E-state index contributed by atoms with van der Waals surface area (Å²) >= 11 is 8.11. The predicted molar refractivity (Wildman–Crippen MR) is 115 cm³/mol. The molecule has 0 aliphatic carbocycles. The number of thiophene rings is 1. The molecule has 4 heterocycles. The van der Waals surface area contributed by atoms with Gasteiger partial charge in [-0.05, 0) is 43.2 Å². The molecule has 4 aromatic rings. The van der Waals surface area contributed by atoms with Gasteiger partial charge in [0.05, 0.1) is 10.4 Å². The zero-order valence-corrected chi connectivity index (χ0v) is 17.2. The molecule has 29 heavy (non-hydrogen) atoms. The molecule has 0 atom stereocenters. The average Bonchev–Trinajstić information content (AvgIpc) is 3.32. The Labute approximate surface area is 176 Å².